The number of benzene rings is 3. The largest absolute Gasteiger partial charge is 0.573 e. The lowest BCUT2D eigenvalue weighted by Gasteiger charge is -2.36. The van der Waals surface area contributed by atoms with E-state index < -0.39 is 28.9 Å². The van der Waals surface area contributed by atoms with Crippen molar-refractivity contribution in [2.45, 2.75) is 25.5 Å². The molecule has 0 radical (unpaired) electrons. The van der Waals surface area contributed by atoms with Crippen LogP contribution in [-0.2, 0) is 17.5 Å². The van der Waals surface area contributed by atoms with E-state index in [1.54, 1.807) is 9.80 Å². The van der Waals surface area contributed by atoms with E-state index in [9.17, 15) is 31.1 Å². The smallest absolute Gasteiger partial charge is 0.406 e. The van der Waals surface area contributed by atoms with Crippen LogP contribution in [0.4, 0.5) is 37.7 Å². The Morgan fingerprint density at radius 3 is 2.12 bits per heavy atom. The number of nitrogens with zero attached hydrogens (tertiary/aromatic N) is 3. The lowest BCUT2D eigenvalue weighted by atomic mass is 10.1. The van der Waals surface area contributed by atoms with Crippen molar-refractivity contribution in [2.75, 3.05) is 42.5 Å². The number of carbonyl (C=O) groups is 1. The van der Waals surface area contributed by atoms with Crippen molar-refractivity contribution < 1.29 is 35.9 Å². The monoisotopic (exact) mass is 585 g/mol. The molecule has 0 saturated carbocycles. The molecule has 0 aliphatic carbocycles. The first kappa shape index (κ1) is 29.4. The Labute approximate surface area is 232 Å². The molecule has 3 aromatic rings. The standard InChI is InChI=1S/C28H26ClF6N3O2/c29-25-11-8-22(18-24(25)27(30,31)32)38(19-20-6-9-23(10-7-20)40-28(33,34)35)13-12-26(39)37-16-14-36(15-17-37)21-4-2-1-3-5-21/h1-11,18H,12-17,19H2. The molecule has 12 heteroatoms. The first-order chi connectivity index (χ1) is 18.9. The van der Waals surface area contributed by atoms with E-state index in [0.717, 1.165) is 30.0 Å². The van der Waals surface area contributed by atoms with E-state index in [0.29, 0.717) is 31.7 Å². The summed E-state index contributed by atoms with van der Waals surface area (Å²) in [7, 11) is 0. The fourth-order valence-electron chi connectivity index (χ4n) is 4.49. The van der Waals surface area contributed by atoms with Gasteiger partial charge in [-0.2, -0.15) is 13.2 Å². The molecule has 1 amide bonds. The van der Waals surface area contributed by atoms with Gasteiger partial charge in [0.2, 0.25) is 5.91 Å². The number of amides is 1. The highest BCUT2D eigenvalue weighted by atomic mass is 35.5. The van der Waals surface area contributed by atoms with Gasteiger partial charge in [0.1, 0.15) is 5.75 Å². The molecule has 40 heavy (non-hydrogen) atoms. The average Bonchev–Trinajstić information content (AvgIpc) is 2.91. The lowest BCUT2D eigenvalue weighted by molar-refractivity contribution is -0.274. The minimum absolute atomic E-state index is 0.0323. The summed E-state index contributed by atoms with van der Waals surface area (Å²) in [6.07, 6.45) is -9.51. The van der Waals surface area contributed by atoms with Crippen LogP contribution in [0.1, 0.15) is 17.5 Å². The van der Waals surface area contributed by atoms with E-state index >= 15 is 0 Å². The van der Waals surface area contributed by atoms with Gasteiger partial charge in [-0.15, -0.1) is 13.2 Å². The molecule has 4 rings (SSSR count). The van der Waals surface area contributed by atoms with Crippen molar-refractivity contribution in [3.05, 3.63) is 88.9 Å². The molecule has 1 aliphatic rings. The molecule has 5 nitrogen and oxygen atoms in total. The molecule has 0 atom stereocenters. The summed E-state index contributed by atoms with van der Waals surface area (Å²) in [5.74, 6) is -0.560. The highest BCUT2D eigenvalue weighted by Crippen LogP contribution is 2.37. The number of halogens is 7. The second kappa shape index (κ2) is 12.3. The Morgan fingerprint density at radius 2 is 1.52 bits per heavy atom. The van der Waals surface area contributed by atoms with E-state index in [1.807, 2.05) is 30.3 Å². The normalized spacial score (nSPS) is 14.3. The number of hydrogen-bond donors (Lipinski definition) is 0. The van der Waals surface area contributed by atoms with Gasteiger partial charge in [-0.25, -0.2) is 0 Å². The molecular formula is C28H26ClF6N3O2. The van der Waals surface area contributed by atoms with Crippen LogP contribution in [-0.4, -0.2) is 49.9 Å². The van der Waals surface area contributed by atoms with Crippen molar-refractivity contribution in [1.82, 2.24) is 4.90 Å². The highest BCUT2D eigenvalue weighted by molar-refractivity contribution is 6.31. The predicted molar refractivity (Wildman–Crippen MR) is 140 cm³/mol. The molecule has 1 saturated heterocycles. The maximum atomic E-state index is 13.5. The number of hydrogen-bond acceptors (Lipinski definition) is 4. The second-order valence-corrected chi connectivity index (χ2v) is 9.64. The molecule has 1 fully saturated rings. The number of carbonyl (C=O) groups excluding carboxylic acids is 1. The van der Waals surface area contributed by atoms with Gasteiger partial charge in [0.05, 0.1) is 10.6 Å². The zero-order valence-electron chi connectivity index (χ0n) is 21.2. The first-order valence-corrected chi connectivity index (χ1v) is 12.8. The quantitative estimate of drug-likeness (QED) is 0.267. The molecule has 3 aromatic carbocycles. The topological polar surface area (TPSA) is 36.0 Å². The maximum absolute atomic E-state index is 13.5. The third-order valence-corrected chi connectivity index (χ3v) is 6.83. The Kier molecular flexibility index (Phi) is 9.02. The number of para-hydroxylation sites is 1. The molecule has 0 spiro atoms. The highest BCUT2D eigenvalue weighted by Gasteiger charge is 2.34. The van der Waals surface area contributed by atoms with E-state index in [1.165, 1.54) is 18.2 Å². The molecule has 0 unspecified atom stereocenters. The fourth-order valence-corrected chi connectivity index (χ4v) is 4.71. The number of piperazine rings is 1. The minimum atomic E-state index is -4.85. The summed E-state index contributed by atoms with van der Waals surface area (Å²) >= 11 is 5.79. The fraction of sp³-hybridized carbons (Fsp3) is 0.321. The van der Waals surface area contributed by atoms with Crippen LogP contribution < -0.4 is 14.5 Å². The zero-order chi connectivity index (χ0) is 28.9. The van der Waals surface area contributed by atoms with Gasteiger partial charge in [-0.1, -0.05) is 41.9 Å². The third kappa shape index (κ3) is 7.97. The molecule has 1 aliphatic heterocycles. The first-order valence-electron chi connectivity index (χ1n) is 12.4. The summed E-state index contributed by atoms with van der Waals surface area (Å²) in [5.41, 5.74) is 0.737. The van der Waals surface area contributed by atoms with Crippen LogP contribution in [0.2, 0.25) is 5.02 Å². The van der Waals surface area contributed by atoms with Gasteiger partial charge in [0.15, 0.2) is 0 Å². The SMILES string of the molecule is O=C(CCN(Cc1ccc(OC(F)(F)F)cc1)c1ccc(Cl)c(C(F)(F)F)c1)N1CCN(c2ccccc2)CC1. The lowest BCUT2D eigenvalue weighted by Crippen LogP contribution is -2.49. The van der Waals surface area contributed by atoms with Gasteiger partial charge in [-0.05, 0) is 48.0 Å². The average molecular weight is 586 g/mol. The van der Waals surface area contributed by atoms with E-state index in [4.69, 9.17) is 11.6 Å². The minimum Gasteiger partial charge on any atom is -0.406 e. The predicted octanol–water partition coefficient (Wildman–Crippen LogP) is 7.00. The van der Waals surface area contributed by atoms with Crippen molar-refractivity contribution >= 4 is 28.9 Å². The van der Waals surface area contributed by atoms with Crippen molar-refractivity contribution in [3.63, 3.8) is 0 Å². The van der Waals surface area contributed by atoms with Gasteiger partial charge < -0.3 is 19.4 Å². The third-order valence-electron chi connectivity index (χ3n) is 6.50. The van der Waals surface area contributed by atoms with Crippen LogP contribution >= 0.6 is 11.6 Å². The summed E-state index contributed by atoms with van der Waals surface area (Å²) in [6, 6.07) is 18.3. The van der Waals surface area contributed by atoms with Crippen LogP contribution in [0.5, 0.6) is 5.75 Å². The summed E-state index contributed by atoms with van der Waals surface area (Å²) in [4.78, 5) is 18.5. The molecule has 0 aromatic heterocycles. The summed E-state index contributed by atoms with van der Waals surface area (Å²) < 4.78 is 82.0. The number of ether oxygens (including phenoxy) is 1. The summed E-state index contributed by atoms with van der Waals surface area (Å²) in [6.45, 7) is 2.44. The molecule has 1 heterocycles. The maximum Gasteiger partial charge on any atom is 0.573 e. The van der Waals surface area contributed by atoms with Crippen molar-refractivity contribution in [3.8, 4) is 5.75 Å². The van der Waals surface area contributed by atoms with E-state index in [-0.39, 0.29) is 31.1 Å². The van der Waals surface area contributed by atoms with Crippen molar-refractivity contribution in [1.29, 1.82) is 0 Å². The number of rotatable bonds is 8. The molecular weight excluding hydrogens is 560 g/mol. The Morgan fingerprint density at radius 1 is 0.875 bits per heavy atom. The number of anilines is 2. The van der Waals surface area contributed by atoms with Crippen LogP contribution in [0.25, 0.3) is 0 Å². The Bertz CT molecular complexity index is 1280. The summed E-state index contributed by atoms with van der Waals surface area (Å²) in [5, 5.41) is -0.461. The zero-order valence-corrected chi connectivity index (χ0v) is 21.9. The molecule has 0 N–H and O–H groups in total. The van der Waals surface area contributed by atoms with Crippen molar-refractivity contribution in [2.24, 2.45) is 0 Å². The van der Waals surface area contributed by atoms with Crippen LogP contribution in [0.3, 0.4) is 0 Å². The van der Waals surface area contributed by atoms with E-state index in [2.05, 4.69) is 9.64 Å². The number of alkyl halides is 6. The van der Waals surface area contributed by atoms with Gasteiger partial charge in [0, 0.05) is 57.1 Å². The van der Waals surface area contributed by atoms with Gasteiger partial charge >= 0.3 is 12.5 Å². The molecule has 214 valence electrons. The Hall–Kier alpha value is -3.60. The van der Waals surface area contributed by atoms with Gasteiger partial charge in [0.25, 0.3) is 0 Å². The van der Waals surface area contributed by atoms with Gasteiger partial charge in [-0.3, -0.25) is 4.79 Å². The second-order valence-electron chi connectivity index (χ2n) is 9.23. The Balaban J connectivity index is 1.46. The molecule has 0 bridgehead atoms. The van der Waals surface area contributed by atoms with Crippen LogP contribution in [0.15, 0.2) is 72.8 Å². The van der Waals surface area contributed by atoms with Crippen LogP contribution in [0, 0.1) is 0 Å².